The molecular weight excluding hydrogens is 130 g/mol. The standard InChI is InChI=1S/C7H17NS/c1-7-6-8(2)4-5-9(7)3/h7,9H,4-6H2,1-3H3/t7-/m0/s1. The highest BCUT2D eigenvalue weighted by Crippen LogP contribution is 2.30. The van der Waals surface area contributed by atoms with E-state index in [4.69, 9.17) is 0 Å². The highest BCUT2D eigenvalue weighted by atomic mass is 32.2. The number of nitrogens with zero attached hydrogens (tertiary/aromatic N) is 1. The van der Waals surface area contributed by atoms with E-state index in [2.05, 4.69) is 25.1 Å². The molecule has 1 aliphatic rings. The predicted molar refractivity (Wildman–Crippen MR) is 46.7 cm³/mol. The second kappa shape index (κ2) is 2.93. The third-order valence-corrected chi connectivity index (χ3v) is 4.74. The van der Waals surface area contributed by atoms with Gasteiger partial charge in [-0.15, -0.1) is 0 Å². The molecule has 2 atom stereocenters. The van der Waals surface area contributed by atoms with Crippen LogP contribution < -0.4 is 0 Å². The Morgan fingerprint density at radius 2 is 2.22 bits per heavy atom. The maximum atomic E-state index is 2.44. The highest BCUT2D eigenvalue weighted by Gasteiger charge is 2.16. The van der Waals surface area contributed by atoms with E-state index in [-0.39, 0.29) is 0 Å². The first-order valence-electron chi connectivity index (χ1n) is 3.59. The van der Waals surface area contributed by atoms with Crippen molar-refractivity contribution < 1.29 is 0 Å². The van der Waals surface area contributed by atoms with Crippen molar-refractivity contribution in [2.24, 2.45) is 0 Å². The average Bonchev–Trinajstić information content (AvgIpc) is 1.80. The molecule has 0 aromatic heterocycles. The third kappa shape index (κ3) is 1.87. The second-order valence-corrected chi connectivity index (χ2v) is 5.93. The summed E-state index contributed by atoms with van der Waals surface area (Å²) in [5.74, 6) is 1.45. The molecule has 0 aromatic carbocycles. The highest BCUT2D eigenvalue weighted by molar-refractivity contribution is 8.17. The molecule has 1 nitrogen and oxygen atoms in total. The maximum absolute atomic E-state index is 2.44. The van der Waals surface area contributed by atoms with Gasteiger partial charge in [-0.1, -0.05) is 6.92 Å². The van der Waals surface area contributed by atoms with E-state index in [0.717, 1.165) is 5.25 Å². The van der Waals surface area contributed by atoms with Gasteiger partial charge in [0.1, 0.15) is 0 Å². The molecule has 56 valence electrons. The molecule has 0 aliphatic carbocycles. The Hall–Kier alpha value is 0.310. The molecule has 1 unspecified atom stereocenters. The first-order valence-corrected chi connectivity index (χ1v) is 5.63. The lowest BCUT2D eigenvalue weighted by Crippen LogP contribution is -2.35. The Balaban J connectivity index is 2.35. The summed E-state index contributed by atoms with van der Waals surface area (Å²) in [4.78, 5) is 2.44. The molecule has 1 aliphatic heterocycles. The van der Waals surface area contributed by atoms with Gasteiger partial charge in [-0.25, -0.2) is 0 Å². The lowest BCUT2D eigenvalue weighted by Gasteiger charge is -2.35. The quantitative estimate of drug-likeness (QED) is 0.499. The van der Waals surface area contributed by atoms with Crippen LogP contribution in [0, 0.1) is 0 Å². The minimum Gasteiger partial charge on any atom is -0.305 e. The molecule has 9 heavy (non-hydrogen) atoms. The van der Waals surface area contributed by atoms with E-state index in [0.29, 0.717) is 10.9 Å². The van der Waals surface area contributed by atoms with Crippen molar-refractivity contribution in [1.82, 2.24) is 4.90 Å². The molecular formula is C7H17NS. The van der Waals surface area contributed by atoms with Gasteiger partial charge >= 0.3 is 0 Å². The molecule has 0 N–H and O–H groups in total. The molecule has 0 radical (unpaired) electrons. The summed E-state index contributed by atoms with van der Waals surface area (Å²) >= 11 is 0. The Labute approximate surface area is 60.8 Å². The van der Waals surface area contributed by atoms with Crippen LogP contribution in [0.15, 0.2) is 0 Å². The van der Waals surface area contributed by atoms with Gasteiger partial charge in [0, 0.05) is 13.1 Å². The summed E-state index contributed by atoms with van der Waals surface area (Å²) in [6.07, 6.45) is 2.42. The van der Waals surface area contributed by atoms with Gasteiger partial charge in [0.05, 0.1) is 0 Å². The zero-order valence-electron chi connectivity index (χ0n) is 6.59. The Bertz CT molecular complexity index is 94.9. The van der Waals surface area contributed by atoms with Crippen molar-refractivity contribution in [3.63, 3.8) is 0 Å². The monoisotopic (exact) mass is 147 g/mol. The minimum atomic E-state index is 0.379. The molecule has 1 saturated heterocycles. The van der Waals surface area contributed by atoms with Crippen LogP contribution in [0.5, 0.6) is 0 Å². The van der Waals surface area contributed by atoms with Crippen LogP contribution >= 0.6 is 10.9 Å². The average molecular weight is 147 g/mol. The van der Waals surface area contributed by atoms with E-state index in [1.165, 1.54) is 18.8 Å². The van der Waals surface area contributed by atoms with Crippen molar-refractivity contribution in [2.45, 2.75) is 12.2 Å². The van der Waals surface area contributed by atoms with Crippen molar-refractivity contribution in [2.75, 3.05) is 32.1 Å². The lowest BCUT2D eigenvalue weighted by molar-refractivity contribution is 0.349. The van der Waals surface area contributed by atoms with E-state index in [1.54, 1.807) is 0 Å². The zero-order valence-corrected chi connectivity index (χ0v) is 7.49. The summed E-state index contributed by atoms with van der Waals surface area (Å²) in [5, 5.41) is 0.971. The number of thiol groups is 1. The molecule has 1 heterocycles. The van der Waals surface area contributed by atoms with Crippen LogP contribution in [0.25, 0.3) is 0 Å². The van der Waals surface area contributed by atoms with Crippen LogP contribution in [0.4, 0.5) is 0 Å². The molecule has 1 rings (SSSR count). The van der Waals surface area contributed by atoms with Gasteiger partial charge < -0.3 is 4.90 Å². The van der Waals surface area contributed by atoms with Crippen LogP contribution in [0.1, 0.15) is 6.92 Å². The summed E-state index contributed by atoms with van der Waals surface area (Å²) in [7, 11) is 2.60. The van der Waals surface area contributed by atoms with E-state index in [1.807, 2.05) is 0 Å². The summed E-state index contributed by atoms with van der Waals surface area (Å²) in [6.45, 7) is 5.02. The van der Waals surface area contributed by atoms with Gasteiger partial charge in [-0.2, -0.15) is 0 Å². The van der Waals surface area contributed by atoms with Gasteiger partial charge in [0.15, 0.2) is 0 Å². The number of rotatable bonds is 0. The fraction of sp³-hybridized carbons (Fsp3) is 1.00. The van der Waals surface area contributed by atoms with Gasteiger partial charge in [-0.05, 0) is 24.3 Å². The zero-order chi connectivity index (χ0) is 6.85. The molecule has 0 saturated carbocycles. The lowest BCUT2D eigenvalue weighted by atomic mass is 10.4. The molecule has 0 bridgehead atoms. The normalized spacial score (nSPS) is 43.0. The fourth-order valence-electron chi connectivity index (χ4n) is 1.23. The van der Waals surface area contributed by atoms with Crippen molar-refractivity contribution in [1.29, 1.82) is 0 Å². The third-order valence-electron chi connectivity index (χ3n) is 2.16. The van der Waals surface area contributed by atoms with E-state index in [9.17, 15) is 0 Å². The smallest absolute Gasteiger partial charge is 0.00787 e. The van der Waals surface area contributed by atoms with Crippen molar-refractivity contribution in [3.05, 3.63) is 0 Å². The Kier molecular flexibility index (Phi) is 2.42. The van der Waals surface area contributed by atoms with Crippen LogP contribution in [0.3, 0.4) is 0 Å². The van der Waals surface area contributed by atoms with Crippen LogP contribution in [-0.4, -0.2) is 42.3 Å². The summed E-state index contributed by atoms with van der Waals surface area (Å²) in [5.41, 5.74) is 0. The Morgan fingerprint density at radius 1 is 1.56 bits per heavy atom. The molecule has 0 spiro atoms. The van der Waals surface area contributed by atoms with Gasteiger partial charge in [-0.3, -0.25) is 10.9 Å². The largest absolute Gasteiger partial charge is 0.305 e. The first kappa shape index (κ1) is 7.42. The topological polar surface area (TPSA) is 3.24 Å². The van der Waals surface area contributed by atoms with E-state index < -0.39 is 0 Å². The minimum absolute atomic E-state index is 0.379. The molecule has 1 fully saturated rings. The summed E-state index contributed by atoms with van der Waals surface area (Å²) in [6, 6.07) is 0. The van der Waals surface area contributed by atoms with E-state index >= 15 is 0 Å². The Morgan fingerprint density at radius 3 is 2.67 bits per heavy atom. The SMILES string of the molecule is C[C@H]1CN(C)CC[SH]1C. The van der Waals surface area contributed by atoms with Gasteiger partial charge in [0.25, 0.3) is 0 Å². The number of hydrogen-bond donors (Lipinski definition) is 1. The first-order chi connectivity index (χ1) is 4.20. The summed E-state index contributed by atoms with van der Waals surface area (Å²) < 4.78 is 0. The molecule has 0 aromatic rings. The van der Waals surface area contributed by atoms with Crippen molar-refractivity contribution >= 4 is 10.9 Å². The van der Waals surface area contributed by atoms with Crippen molar-refractivity contribution in [3.8, 4) is 0 Å². The van der Waals surface area contributed by atoms with Gasteiger partial charge in [0.2, 0.25) is 0 Å². The van der Waals surface area contributed by atoms with Crippen LogP contribution in [-0.2, 0) is 0 Å². The molecule has 2 heteroatoms. The molecule has 0 amide bonds. The maximum Gasteiger partial charge on any atom is 0.00787 e. The van der Waals surface area contributed by atoms with Crippen LogP contribution in [0.2, 0.25) is 0 Å². The fourth-order valence-corrected chi connectivity index (χ4v) is 2.89. The number of hydrogen-bond acceptors (Lipinski definition) is 1. The second-order valence-electron chi connectivity index (χ2n) is 3.09. The predicted octanol–water partition coefficient (Wildman–Crippen LogP) is 0.951.